The monoisotopic (exact) mass is 329 g/mol. The second-order valence-corrected chi connectivity index (χ2v) is 6.11. The fourth-order valence-corrected chi connectivity index (χ4v) is 3.25. The Balaban J connectivity index is 1.40. The molecule has 126 valence electrons. The van der Waals surface area contributed by atoms with Crippen LogP contribution in [0.4, 0.5) is 5.69 Å². The van der Waals surface area contributed by atoms with E-state index in [-0.39, 0.29) is 18.7 Å². The summed E-state index contributed by atoms with van der Waals surface area (Å²) in [5, 5.41) is 7.02. The maximum Gasteiger partial charge on any atom is 0.238 e. The Morgan fingerprint density at radius 1 is 1.33 bits per heavy atom. The van der Waals surface area contributed by atoms with Crippen molar-refractivity contribution >= 4 is 11.6 Å². The second kappa shape index (κ2) is 6.16. The molecule has 1 aromatic carbocycles. The van der Waals surface area contributed by atoms with Crippen molar-refractivity contribution in [3.05, 3.63) is 35.7 Å². The number of anilines is 1. The van der Waals surface area contributed by atoms with Crippen molar-refractivity contribution in [3.8, 4) is 11.5 Å². The van der Waals surface area contributed by atoms with Gasteiger partial charge < -0.3 is 19.3 Å². The number of nitrogens with zero attached hydrogens (tertiary/aromatic N) is 2. The fourth-order valence-electron chi connectivity index (χ4n) is 3.25. The van der Waals surface area contributed by atoms with Gasteiger partial charge in [0.25, 0.3) is 0 Å². The van der Waals surface area contributed by atoms with Crippen LogP contribution in [-0.4, -0.2) is 35.8 Å². The lowest BCUT2D eigenvalue weighted by Gasteiger charge is -2.21. The molecule has 2 aliphatic rings. The van der Waals surface area contributed by atoms with Gasteiger partial charge in [-0.1, -0.05) is 5.16 Å². The molecule has 1 aromatic heterocycles. The van der Waals surface area contributed by atoms with Gasteiger partial charge in [0.05, 0.1) is 12.6 Å². The van der Waals surface area contributed by atoms with E-state index in [9.17, 15) is 4.79 Å². The molecule has 7 heteroatoms. The van der Waals surface area contributed by atoms with E-state index in [2.05, 4.69) is 15.4 Å². The first-order chi connectivity index (χ1) is 11.7. The molecule has 2 aliphatic heterocycles. The van der Waals surface area contributed by atoms with Gasteiger partial charge in [0, 0.05) is 17.8 Å². The summed E-state index contributed by atoms with van der Waals surface area (Å²) >= 11 is 0. The number of benzene rings is 1. The van der Waals surface area contributed by atoms with E-state index in [0.29, 0.717) is 23.7 Å². The lowest BCUT2D eigenvalue weighted by molar-refractivity contribution is -0.117. The molecule has 4 rings (SSSR count). The Bertz CT molecular complexity index is 758. The van der Waals surface area contributed by atoms with E-state index < -0.39 is 0 Å². The van der Waals surface area contributed by atoms with Crippen LogP contribution in [0, 0.1) is 6.92 Å². The summed E-state index contributed by atoms with van der Waals surface area (Å²) in [4.78, 5) is 14.5. The first kappa shape index (κ1) is 15.0. The number of hydrogen-bond donors (Lipinski definition) is 1. The molecule has 1 N–H and O–H groups in total. The number of likely N-dealkylation sites (tertiary alicyclic amines) is 1. The number of hydrogen-bond acceptors (Lipinski definition) is 6. The van der Waals surface area contributed by atoms with Crippen LogP contribution in [0.2, 0.25) is 0 Å². The van der Waals surface area contributed by atoms with Crippen LogP contribution in [0.25, 0.3) is 0 Å². The molecule has 0 spiro atoms. The average molecular weight is 329 g/mol. The van der Waals surface area contributed by atoms with Crippen molar-refractivity contribution in [1.29, 1.82) is 0 Å². The number of carbonyl (C=O) groups excluding carboxylic acids is 1. The Morgan fingerprint density at radius 2 is 2.21 bits per heavy atom. The summed E-state index contributed by atoms with van der Waals surface area (Å²) in [6, 6.07) is 7.48. The van der Waals surface area contributed by atoms with Crippen LogP contribution < -0.4 is 14.8 Å². The van der Waals surface area contributed by atoms with Gasteiger partial charge in [0.2, 0.25) is 12.7 Å². The van der Waals surface area contributed by atoms with Crippen molar-refractivity contribution in [2.75, 3.05) is 25.2 Å². The van der Waals surface area contributed by atoms with E-state index in [4.69, 9.17) is 14.0 Å². The molecule has 1 unspecified atom stereocenters. The predicted molar refractivity (Wildman–Crippen MR) is 86.0 cm³/mol. The highest BCUT2D eigenvalue weighted by Gasteiger charge is 2.29. The highest BCUT2D eigenvalue weighted by atomic mass is 16.7. The van der Waals surface area contributed by atoms with Crippen LogP contribution in [0.1, 0.15) is 30.3 Å². The maximum atomic E-state index is 12.4. The number of amides is 1. The van der Waals surface area contributed by atoms with Crippen molar-refractivity contribution in [2.24, 2.45) is 0 Å². The topological polar surface area (TPSA) is 76.8 Å². The highest BCUT2D eigenvalue weighted by Crippen LogP contribution is 2.34. The van der Waals surface area contributed by atoms with Gasteiger partial charge in [-0.2, -0.15) is 0 Å². The quantitative estimate of drug-likeness (QED) is 0.929. The Morgan fingerprint density at radius 3 is 3.04 bits per heavy atom. The zero-order chi connectivity index (χ0) is 16.5. The van der Waals surface area contributed by atoms with Gasteiger partial charge in [0.1, 0.15) is 11.5 Å². The minimum Gasteiger partial charge on any atom is -0.454 e. The molecular formula is C17H19N3O4. The number of nitrogens with one attached hydrogen (secondary N) is 1. The summed E-state index contributed by atoms with van der Waals surface area (Å²) in [5.41, 5.74) is 1.61. The van der Waals surface area contributed by atoms with E-state index in [1.165, 1.54) is 0 Å². The van der Waals surface area contributed by atoms with Crippen LogP contribution in [-0.2, 0) is 4.79 Å². The fraction of sp³-hybridized carbons (Fsp3) is 0.412. The molecule has 0 aliphatic carbocycles. The SMILES string of the molecule is Cc1cc(C2CCCN2CC(=O)Nc2ccc3c(c2)OCO3)no1. The Hall–Kier alpha value is -2.54. The third-order valence-electron chi connectivity index (χ3n) is 4.35. The van der Waals surface area contributed by atoms with Crippen LogP contribution in [0.3, 0.4) is 0 Å². The number of carbonyl (C=O) groups is 1. The molecular weight excluding hydrogens is 310 g/mol. The maximum absolute atomic E-state index is 12.4. The third-order valence-corrected chi connectivity index (χ3v) is 4.35. The van der Waals surface area contributed by atoms with E-state index in [1.54, 1.807) is 12.1 Å². The highest BCUT2D eigenvalue weighted by molar-refractivity contribution is 5.92. The van der Waals surface area contributed by atoms with Crippen molar-refractivity contribution in [3.63, 3.8) is 0 Å². The molecule has 3 heterocycles. The molecule has 0 radical (unpaired) electrons. The first-order valence-electron chi connectivity index (χ1n) is 8.06. The summed E-state index contributed by atoms with van der Waals surface area (Å²) in [7, 11) is 0. The minimum absolute atomic E-state index is 0.0546. The first-order valence-corrected chi connectivity index (χ1v) is 8.06. The lowest BCUT2D eigenvalue weighted by Crippen LogP contribution is -2.33. The summed E-state index contributed by atoms with van der Waals surface area (Å²) < 4.78 is 15.8. The summed E-state index contributed by atoms with van der Waals surface area (Å²) in [5.74, 6) is 2.10. The number of aryl methyl sites for hydroxylation is 1. The van der Waals surface area contributed by atoms with Gasteiger partial charge in [-0.15, -0.1) is 0 Å². The summed E-state index contributed by atoms with van der Waals surface area (Å²) in [6.07, 6.45) is 2.04. The molecule has 1 saturated heterocycles. The minimum atomic E-state index is -0.0546. The number of fused-ring (bicyclic) bond motifs is 1. The van der Waals surface area contributed by atoms with Gasteiger partial charge >= 0.3 is 0 Å². The average Bonchev–Trinajstić information content (AvgIpc) is 3.27. The van der Waals surface area contributed by atoms with E-state index >= 15 is 0 Å². The van der Waals surface area contributed by atoms with Crippen molar-refractivity contribution in [1.82, 2.24) is 10.1 Å². The van der Waals surface area contributed by atoms with Crippen LogP contribution in [0.5, 0.6) is 11.5 Å². The van der Waals surface area contributed by atoms with Gasteiger partial charge in [-0.3, -0.25) is 9.69 Å². The van der Waals surface area contributed by atoms with Gasteiger partial charge in [-0.05, 0) is 38.4 Å². The molecule has 1 atom stereocenters. The standard InChI is InChI=1S/C17H19N3O4/c1-11-7-13(19-24-11)14-3-2-6-20(14)9-17(21)18-12-4-5-15-16(8-12)23-10-22-15/h4-5,7-8,14H,2-3,6,9-10H2,1H3,(H,18,21). The predicted octanol–water partition coefficient (Wildman–Crippen LogP) is 2.49. The third kappa shape index (κ3) is 2.94. The molecule has 0 saturated carbocycles. The zero-order valence-corrected chi connectivity index (χ0v) is 13.4. The zero-order valence-electron chi connectivity index (χ0n) is 13.4. The lowest BCUT2D eigenvalue weighted by atomic mass is 10.1. The molecule has 2 aromatic rings. The van der Waals surface area contributed by atoms with Crippen molar-refractivity contribution < 1.29 is 18.8 Å². The molecule has 7 nitrogen and oxygen atoms in total. The Kier molecular flexibility index (Phi) is 3.86. The number of rotatable bonds is 4. The number of aromatic nitrogens is 1. The number of ether oxygens (including phenoxy) is 2. The summed E-state index contributed by atoms with van der Waals surface area (Å²) in [6.45, 7) is 3.30. The van der Waals surface area contributed by atoms with E-state index in [0.717, 1.165) is 30.8 Å². The van der Waals surface area contributed by atoms with Crippen LogP contribution >= 0.6 is 0 Å². The van der Waals surface area contributed by atoms with Gasteiger partial charge in [0.15, 0.2) is 11.5 Å². The normalized spacial score (nSPS) is 19.6. The van der Waals surface area contributed by atoms with Crippen LogP contribution in [0.15, 0.2) is 28.8 Å². The Labute approximate surface area is 139 Å². The van der Waals surface area contributed by atoms with Gasteiger partial charge in [-0.25, -0.2) is 0 Å². The molecule has 0 bridgehead atoms. The smallest absolute Gasteiger partial charge is 0.238 e. The molecule has 1 fully saturated rings. The second-order valence-electron chi connectivity index (χ2n) is 6.11. The van der Waals surface area contributed by atoms with E-state index in [1.807, 2.05) is 19.1 Å². The molecule has 24 heavy (non-hydrogen) atoms. The molecule has 1 amide bonds. The van der Waals surface area contributed by atoms with Crippen molar-refractivity contribution in [2.45, 2.75) is 25.8 Å². The largest absolute Gasteiger partial charge is 0.454 e.